The Labute approximate surface area is 165 Å². The molecule has 0 aliphatic rings. The molecule has 150 valence electrons. The minimum Gasteiger partial charge on any atom is -0.321 e. The van der Waals surface area contributed by atoms with Gasteiger partial charge in [0.25, 0.3) is 11.8 Å². The molecule has 0 spiro atoms. The lowest BCUT2D eigenvalue weighted by atomic mass is 10.2. The third kappa shape index (κ3) is 3.98. The van der Waals surface area contributed by atoms with E-state index in [0.717, 1.165) is 0 Å². The number of hydrogen-bond acceptors (Lipinski definition) is 6. The minimum atomic E-state index is -0.715. The van der Waals surface area contributed by atoms with Crippen molar-refractivity contribution in [1.82, 2.24) is 19.6 Å². The van der Waals surface area contributed by atoms with Crippen LogP contribution in [0.2, 0.25) is 0 Å². The van der Waals surface area contributed by atoms with Gasteiger partial charge in [-0.3, -0.25) is 29.1 Å². The second kappa shape index (κ2) is 7.92. The van der Waals surface area contributed by atoms with E-state index in [1.54, 1.807) is 35.0 Å². The number of hydrogen-bond donors (Lipinski definition) is 2. The summed E-state index contributed by atoms with van der Waals surface area (Å²) in [5.74, 6) is -1.06. The minimum absolute atomic E-state index is 0.272. The average molecular weight is 397 g/mol. The number of anilines is 2. The van der Waals surface area contributed by atoms with Gasteiger partial charge < -0.3 is 10.6 Å². The van der Waals surface area contributed by atoms with Crippen molar-refractivity contribution in [3.63, 3.8) is 0 Å². The van der Waals surface area contributed by atoms with E-state index >= 15 is 0 Å². The fourth-order valence-electron chi connectivity index (χ4n) is 2.81. The number of benzene rings is 1. The maximum Gasteiger partial charge on any atom is 0.322 e. The van der Waals surface area contributed by atoms with Crippen molar-refractivity contribution < 1.29 is 14.5 Å². The van der Waals surface area contributed by atoms with E-state index in [-0.39, 0.29) is 23.0 Å². The second-order valence-electron chi connectivity index (χ2n) is 6.18. The van der Waals surface area contributed by atoms with Crippen LogP contribution < -0.4 is 10.6 Å². The van der Waals surface area contributed by atoms with Crippen LogP contribution in [0.1, 0.15) is 33.6 Å². The fourth-order valence-corrected chi connectivity index (χ4v) is 2.81. The molecule has 0 atom stereocenters. The van der Waals surface area contributed by atoms with Gasteiger partial charge in [0.1, 0.15) is 11.4 Å². The van der Waals surface area contributed by atoms with Crippen LogP contribution in [0.3, 0.4) is 0 Å². The molecular weight excluding hydrogens is 378 g/mol. The first-order chi connectivity index (χ1) is 13.8. The van der Waals surface area contributed by atoms with E-state index in [2.05, 4.69) is 20.8 Å². The Bertz CT molecular complexity index is 1100. The third-order valence-corrected chi connectivity index (χ3v) is 4.33. The van der Waals surface area contributed by atoms with Gasteiger partial charge in [0.05, 0.1) is 4.92 Å². The van der Waals surface area contributed by atoms with Crippen molar-refractivity contribution >= 4 is 28.9 Å². The molecule has 0 unspecified atom stereocenters. The molecule has 11 nitrogen and oxygen atoms in total. The molecule has 0 aliphatic heterocycles. The number of rotatable bonds is 6. The number of amides is 2. The van der Waals surface area contributed by atoms with E-state index in [1.165, 1.54) is 24.9 Å². The lowest BCUT2D eigenvalue weighted by Gasteiger charge is -2.09. The molecule has 29 heavy (non-hydrogen) atoms. The molecule has 2 N–H and O–H groups in total. The highest BCUT2D eigenvalue weighted by Gasteiger charge is 2.29. The lowest BCUT2D eigenvalue weighted by Crippen LogP contribution is -2.18. The molecule has 0 saturated heterocycles. The molecule has 0 fully saturated rings. The molecule has 11 heteroatoms. The molecule has 2 amide bonds. The van der Waals surface area contributed by atoms with E-state index in [4.69, 9.17) is 0 Å². The maximum absolute atomic E-state index is 12.5. The summed E-state index contributed by atoms with van der Waals surface area (Å²) in [7, 11) is 1.52. The van der Waals surface area contributed by atoms with Crippen molar-refractivity contribution in [2.45, 2.75) is 20.4 Å². The SMILES string of the molecule is CCn1nccc1C(=O)Nc1cccc(NC(=O)c2nn(C)c(C)c2[N+](=O)[O-])c1. The first-order valence-electron chi connectivity index (χ1n) is 8.74. The number of carbonyl (C=O) groups is 2. The average Bonchev–Trinajstić information content (AvgIpc) is 3.27. The van der Waals surface area contributed by atoms with Gasteiger partial charge in [0, 0.05) is 31.2 Å². The first-order valence-corrected chi connectivity index (χ1v) is 8.74. The molecule has 0 radical (unpaired) electrons. The lowest BCUT2D eigenvalue weighted by molar-refractivity contribution is -0.385. The highest BCUT2D eigenvalue weighted by molar-refractivity contribution is 6.07. The molecule has 0 aliphatic carbocycles. The standard InChI is InChI=1S/C18H19N7O4/c1-4-24-14(8-9-19-24)17(26)20-12-6-5-7-13(10-12)21-18(27)15-16(25(28)29)11(2)23(3)22-15/h5-10H,4H2,1-3H3,(H,20,26)(H,21,27). The topological polar surface area (TPSA) is 137 Å². The smallest absolute Gasteiger partial charge is 0.321 e. The summed E-state index contributed by atoms with van der Waals surface area (Å²) in [6, 6.07) is 8.05. The zero-order valence-corrected chi connectivity index (χ0v) is 16.0. The van der Waals surface area contributed by atoms with Crippen LogP contribution in [-0.2, 0) is 13.6 Å². The molecule has 3 rings (SSSR count). The summed E-state index contributed by atoms with van der Waals surface area (Å²) in [6.07, 6.45) is 1.54. The Morgan fingerprint density at radius 2 is 1.83 bits per heavy atom. The molecule has 2 aromatic heterocycles. The van der Waals surface area contributed by atoms with Crippen LogP contribution in [0.15, 0.2) is 36.5 Å². The Hall–Kier alpha value is -4.02. The quantitative estimate of drug-likeness (QED) is 0.484. The number of nitrogens with one attached hydrogen (secondary N) is 2. The zero-order chi connectivity index (χ0) is 21.1. The van der Waals surface area contributed by atoms with Gasteiger partial charge in [-0.2, -0.15) is 10.2 Å². The summed E-state index contributed by atoms with van der Waals surface area (Å²) < 4.78 is 2.84. The first kappa shape index (κ1) is 19.7. The Kier molecular flexibility index (Phi) is 5.39. The van der Waals surface area contributed by atoms with Gasteiger partial charge in [-0.15, -0.1) is 0 Å². The highest BCUT2D eigenvalue weighted by atomic mass is 16.6. The Morgan fingerprint density at radius 3 is 2.45 bits per heavy atom. The van der Waals surface area contributed by atoms with Gasteiger partial charge in [0.15, 0.2) is 0 Å². The summed E-state index contributed by atoms with van der Waals surface area (Å²) >= 11 is 0. The predicted octanol–water partition coefficient (Wildman–Crippen LogP) is 2.36. The van der Waals surface area contributed by atoms with Gasteiger partial charge in [-0.05, 0) is 38.1 Å². The van der Waals surface area contributed by atoms with Crippen molar-refractivity contribution in [2.24, 2.45) is 7.05 Å². The highest BCUT2D eigenvalue weighted by Crippen LogP contribution is 2.24. The maximum atomic E-state index is 12.5. The van der Waals surface area contributed by atoms with Gasteiger partial charge in [-0.25, -0.2) is 0 Å². The normalized spacial score (nSPS) is 10.6. The summed E-state index contributed by atoms with van der Waals surface area (Å²) in [6.45, 7) is 3.94. The van der Waals surface area contributed by atoms with E-state index < -0.39 is 10.8 Å². The second-order valence-corrected chi connectivity index (χ2v) is 6.18. The Balaban J connectivity index is 1.78. The monoisotopic (exact) mass is 397 g/mol. The Morgan fingerprint density at radius 1 is 1.17 bits per heavy atom. The van der Waals surface area contributed by atoms with Crippen LogP contribution in [0.4, 0.5) is 17.1 Å². The summed E-state index contributed by atoms with van der Waals surface area (Å²) in [5.41, 5.74) is 0.853. The van der Waals surface area contributed by atoms with Gasteiger partial charge >= 0.3 is 5.69 Å². The van der Waals surface area contributed by atoms with Crippen molar-refractivity contribution in [2.75, 3.05) is 10.6 Å². The predicted molar refractivity (Wildman–Crippen MR) is 105 cm³/mol. The number of aromatic nitrogens is 4. The van der Waals surface area contributed by atoms with Crippen LogP contribution in [0, 0.1) is 17.0 Å². The molecule has 0 bridgehead atoms. The molecule has 2 heterocycles. The molecular formula is C18H19N7O4. The van der Waals surface area contributed by atoms with Crippen molar-refractivity contribution in [3.8, 4) is 0 Å². The van der Waals surface area contributed by atoms with Gasteiger partial charge in [-0.1, -0.05) is 6.07 Å². The van der Waals surface area contributed by atoms with Crippen LogP contribution in [-0.4, -0.2) is 36.3 Å². The third-order valence-electron chi connectivity index (χ3n) is 4.33. The fraction of sp³-hybridized carbons (Fsp3) is 0.222. The molecule has 1 aromatic carbocycles. The van der Waals surface area contributed by atoms with Gasteiger partial charge in [0.2, 0.25) is 5.69 Å². The molecule has 0 saturated carbocycles. The summed E-state index contributed by atoms with van der Waals surface area (Å²) in [5, 5.41) is 24.6. The summed E-state index contributed by atoms with van der Waals surface area (Å²) in [4.78, 5) is 35.6. The molecule has 3 aromatic rings. The largest absolute Gasteiger partial charge is 0.322 e. The van der Waals surface area contributed by atoms with Crippen LogP contribution in [0.25, 0.3) is 0 Å². The van der Waals surface area contributed by atoms with E-state index in [1.807, 2.05) is 6.92 Å². The van der Waals surface area contributed by atoms with E-state index in [0.29, 0.717) is 23.6 Å². The van der Waals surface area contributed by atoms with Crippen molar-refractivity contribution in [3.05, 3.63) is 63.7 Å². The van der Waals surface area contributed by atoms with Crippen LogP contribution >= 0.6 is 0 Å². The number of nitro groups is 1. The van der Waals surface area contributed by atoms with E-state index in [9.17, 15) is 19.7 Å². The number of aryl methyl sites for hydroxylation is 2. The number of nitrogens with zero attached hydrogens (tertiary/aromatic N) is 5. The number of carbonyl (C=O) groups excluding carboxylic acids is 2. The van der Waals surface area contributed by atoms with Crippen LogP contribution in [0.5, 0.6) is 0 Å². The zero-order valence-electron chi connectivity index (χ0n) is 16.0. The van der Waals surface area contributed by atoms with Crippen molar-refractivity contribution in [1.29, 1.82) is 0 Å².